The molecule has 0 bridgehead atoms. The first-order valence-corrected chi connectivity index (χ1v) is 11.3. The highest BCUT2D eigenvalue weighted by Gasteiger charge is 2.36. The van der Waals surface area contributed by atoms with Crippen molar-refractivity contribution >= 4 is 46.5 Å². The van der Waals surface area contributed by atoms with E-state index in [0.29, 0.717) is 29.4 Å². The summed E-state index contributed by atoms with van der Waals surface area (Å²) in [5.74, 6) is -0.953. The van der Waals surface area contributed by atoms with Crippen LogP contribution in [0, 0.1) is 13.8 Å². The van der Waals surface area contributed by atoms with E-state index in [9.17, 15) is 19.2 Å². The van der Waals surface area contributed by atoms with Gasteiger partial charge in [0.15, 0.2) is 18.1 Å². The molecule has 178 valence electrons. The molecule has 9 nitrogen and oxygen atoms in total. The summed E-state index contributed by atoms with van der Waals surface area (Å²) in [6.45, 7) is 5.21. The van der Waals surface area contributed by atoms with Crippen molar-refractivity contribution in [3.63, 3.8) is 0 Å². The lowest BCUT2D eigenvalue weighted by Gasteiger charge is -2.14. The second-order valence-corrected chi connectivity index (χ2v) is 8.52. The fourth-order valence-corrected chi connectivity index (χ4v) is 3.98. The maximum Gasteiger partial charge on any atom is 0.294 e. The summed E-state index contributed by atoms with van der Waals surface area (Å²) < 4.78 is 10.9. The standard InChI is InChI=1S/C24H25N3O6S/c1-4-32-19-10-16(7-8-18(19)33-13-21(25)28)11-20-23(30)27(24(31)34-20)12-22(29)26-17-9-14(2)5-6-15(17)3/h5-11H,4,12-13H2,1-3H3,(H2,25,28)(H,26,29)/b20-11-. The topological polar surface area (TPSA) is 128 Å². The van der Waals surface area contributed by atoms with E-state index in [-0.39, 0.29) is 18.1 Å². The number of carbonyl (C=O) groups is 4. The summed E-state index contributed by atoms with van der Waals surface area (Å²) in [5, 5.41) is 2.23. The highest BCUT2D eigenvalue weighted by molar-refractivity contribution is 8.18. The number of amides is 4. The summed E-state index contributed by atoms with van der Waals surface area (Å²) in [6, 6.07) is 10.5. The fourth-order valence-electron chi connectivity index (χ4n) is 3.14. The van der Waals surface area contributed by atoms with Gasteiger partial charge in [0, 0.05) is 5.69 Å². The molecule has 34 heavy (non-hydrogen) atoms. The first-order valence-electron chi connectivity index (χ1n) is 10.5. The van der Waals surface area contributed by atoms with Crippen LogP contribution < -0.4 is 20.5 Å². The van der Waals surface area contributed by atoms with E-state index in [1.54, 1.807) is 25.1 Å². The van der Waals surface area contributed by atoms with Crippen molar-refractivity contribution in [1.82, 2.24) is 4.90 Å². The Labute approximate surface area is 201 Å². The molecule has 0 radical (unpaired) electrons. The highest BCUT2D eigenvalue weighted by Crippen LogP contribution is 2.34. The van der Waals surface area contributed by atoms with E-state index < -0.39 is 23.0 Å². The average Bonchev–Trinajstić information content (AvgIpc) is 3.03. The zero-order chi connectivity index (χ0) is 24.8. The second-order valence-electron chi connectivity index (χ2n) is 7.53. The largest absolute Gasteiger partial charge is 0.490 e. The Bertz CT molecular complexity index is 1180. The number of aryl methyl sites for hydroxylation is 2. The summed E-state index contributed by atoms with van der Waals surface area (Å²) in [4.78, 5) is 49.8. The lowest BCUT2D eigenvalue weighted by atomic mass is 10.1. The van der Waals surface area contributed by atoms with Crippen LogP contribution in [0.1, 0.15) is 23.6 Å². The molecule has 0 unspecified atom stereocenters. The number of benzene rings is 2. The third kappa shape index (κ3) is 6.16. The highest BCUT2D eigenvalue weighted by atomic mass is 32.2. The van der Waals surface area contributed by atoms with E-state index in [4.69, 9.17) is 15.2 Å². The monoisotopic (exact) mass is 483 g/mol. The number of carbonyl (C=O) groups excluding carboxylic acids is 4. The van der Waals surface area contributed by atoms with Crippen molar-refractivity contribution in [3.8, 4) is 11.5 Å². The quantitative estimate of drug-likeness (QED) is 0.524. The summed E-state index contributed by atoms with van der Waals surface area (Å²) in [7, 11) is 0. The SMILES string of the molecule is CCOc1cc(/C=C2\SC(=O)N(CC(=O)Nc3cc(C)ccc3C)C2=O)ccc1OCC(N)=O. The van der Waals surface area contributed by atoms with Crippen molar-refractivity contribution in [1.29, 1.82) is 0 Å². The number of nitrogens with one attached hydrogen (secondary N) is 1. The summed E-state index contributed by atoms with van der Waals surface area (Å²) >= 11 is 0.753. The normalized spacial score (nSPS) is 14.4. The summed E-state index contributed by atoms with van der Waals surface area (Å²) in [6.07, 6.45) is 1.54. The molecule has 1 aliphatic rings. The Kier molecular flexibility index (Phi) is 7.95. The van der Waals surface area contributed by atoms with Crippen LogP contribution in [0.5, 0.6) is 11.5 Å². The Morgan fingerprint density at radius 2 is 1.85 bits per heavy atom. The zero-order valence-corrected chi connectivity index (χ0v) is 19.9. The van der Waals surface area contributed by atoms with Crippen LogP contribution >= 0.6 is 11.8 Å². The Morgan fingerprint density at radius 3 is 2.56 bits per heavy atom. The van der Waals surface area contributed by atoms with Gasteiger partial charge in [-0.05, 0) is 73.5 Å². The van der Waals surface area contributed by atoms with Crippen LogP contribution in [-0.2, 0) is 14.4 Å². The number of anilines is 1. The maximum absolute atomic E-state index is 12.8. The van der Waals surface area contributed by atoms with Crippen LogP contribution in [0.4, 0.5) is 10.5 Å². The van der Waals surface area contributed by atoms with E-state index in [1.165, 1.54) is 6.08 Å². The van der Waals surface area contributed by atoms with Gasteiger partial charge in [-0.3, -0.25) is 24.1 Å². The number of ether oxygens (including phenoxy) is 2. The molecular weight excluding hydrogens is 458 g/mol. The summed E-state index contributed by atoms with van der Waals surface area (Å²) in [5.41, 5.74) is 8.19. The minimum atomic E-state index is -0.623. The molecule has 1 aliphatic heterocycles. The molecule has 0 saturated carbocycles. The van der Waals surface area contributed by atoms with Crippen LogP contribution in [0.2, 0.25) is 0 Å². The molecule has 3 N–H and O–H groups in total. The van der Waals surface area contributed by atoms with Crippen molar-refractivity contribution in [2.45, 2.75) is 20.8 Å². The van der Waals surface area contributed by atoms with Gasteiger partial charge in [-0.15, -0.1) is 0 Å². The minimum absolute atomic E-state index is 0.179. The van der Waals surface area contributed by atoms with E-state index in [0.717, 1.165) is 27.8 Å². The third-order valence-electron chi connectivity index (χ3n) is 4.78. The average molecular weight is 484 g/mol. The number of imide groups is 1. The first-order chi connectivity index (χ1) is 16.2. The lowest BCUT2D eigenvalue weighted by molar-refractivity contribution is -0.127. The van der Waals surface area contributed by atoms with Gasteiger partial charge in [0.1, 0.15) is 6.54 Å². The fraction of sp³-hybridized carbons (Fsp3) is 0.250. The number of nitrogens with two attached hydrogens (primary N) is 1. The van der Waals surface area contributed by atoms with Gasteiger partial charge in [0.2, 0.25) is 5.91 Å². The second kappa shape index (κ2) is 10.9. The minimum Gasteiger partial charge on any atom is -0.490 e. The van der Waals surface area contributed by atoms with E-state index in [1.807, 2.05) is 32.0 Å². The zero-order valence-electron chi connectivity index (χ0n) is 19.0. The molecule has 0 aromatic heterocycles. The molecule has 2 aromatic carbocycles. The number of primary amides is 1. The Hall–Kier alpha value is -3.79. The van der Waals surface area contributed by atoms with Crippen LogP contribution in [-0.4, -0.2) is 47.6 Å². The predicted molar refractivity (Wildman–Crippen MR) is 130 cm³/mol. The molecule has 1 heterocycles. The smallest absolute Gasteiger partial charge is 0.294 e. The number of nitrogens with zero attached hydrogens (tertiary/aromatic N) is 1. The number of thioether (sulfide) groups is 1. The van der Waals surface area contributed by atoms with E-state index >= 15 is 0 Å². The number of hydrogen-bond acceptors (Lipinski definition) is 7. The Morgan fingerprint density at radius 1 is 1.09 bits per heavy atom. The Balaban J connectivity index is 1.73. The number of hydrogen-bond donors (Lipinski definition) is 2. The number of rotatable bonds is 9. The maximum atomic E-state index is 12.8. The van der Waals surface area contributed by atoms with Crippen LogP contribution in [0.25, 0.3) is 6.08 Å². The first kappa shape index (κ1) is 24.8. The van der Waals surface area contributed by atoms with Gasteiger partial charge in [-0.25, -0.2) is 0 Å². The van der Waals surface area contributed by atoms with Gasteiger partial charge in [-0.1, -0.05) is 18.2 Å². The third-order valence-corrected chi connectivity index (χ3v) is 5.69. The van der Waals surface area contributed by atoms with E-state index in [2.05, 4.69) is 5.32 Å². The molecule has 1 fully saturated rings. The van der Waals surface area contributed by atoms with Gasteiger partial charge < -0.3 is 20.5 Å². The molecule has 3 rings (SSSR count). The van der Waals surface area contributed by atoms with Crippen molar-refractivity contribution in [2.75, 3.05) is 25.1 Å². The van der Waals surface area contributed by atoms with Crippen molar-refractivity contribution < 1.29 is 28.7 Å². The molecule has 0 spiro atoms. The van der Waals surface area contributed by atoms with Gasteiger partial charge in [-0.2, -0.15) is 0 Å². The molecule has 10 heteroatoms. The van der Waals surface area contributed by atoms with Gasteiger partial charge >= 0.3 is 0 Å². The van der Waals surface area contributed by atoms with Crippen LogP contribution in [0.15, 0.2) is 41.3 Å². The molecule has 0 aliphatic carbocycles. The molecule has 4 amide bonds. The molecule has 0 atom stereocenters. The molecular formula is C24H25N3O6S. The molecule has 1 saturated heterocycles. The predicted octanol–water partition coefficient (Wildman–Crippen LogP) is 3.24. The van der Waals surface area contributed by atoms with Gasteiger partial charge in [0.25, 0.3) is 17.1 Å². The van der Waals surface area contributed by atoms with Crippen molar-refractivity contribution in [2.24, 2.45) is 5.73 Å². The van der Waals surface area contributed by atoms with Crippen LogP contribution in [0.3, 0.4) is 0 Å². The van der Waals surface area contributed by atoms with Gasteiger partial charge in [0.05, 0.1) is 11.5 Å². The lowest BCUT2D eigenvalue weighted by Crippen LogP contribution is -2.36. The van der Waals surface area contributed by atoms with Crippen molar-refractivity contribution in [3.05, 3.63) is 58.0 Å². The molecule has 2 aromatic rings.